The quantitative estimate of drug-likeness (QED) is 0.209. The molecule has 9 nitrogen and oxygen atoms in total. The summed E-state index contributed by atoms with van der Waals surface area (Å²) in [4.78, 5) is 28.8. The standard InChI is InChI=1S/C33H34ClF5N6O2.C2H3N/c1-20(35)30(46)43-16-14-42(15-17-43)29-22-9-13-44(25-5-2-4-21-6-7-23(36)28(34)27(21)25)18-24(22)40-31(41-29)47-19-32-10-3-12-45(32)26(8-11-32)33(37,38)39;1-2-3/h2,4-7,26H,1,3,8-19H2;1H3. The number of carbonyl (C=O) groups is 1. The molecule has 0 aliphatic carbocycles. The highest BCUT2D eigenvalue weighted by Gasteiger charge is 2.58. The Morgan fingerprint density at radius 2 is 1.84 bits per heavy atom. The Morgan fingerprint density at radius 3 is 2.54 bits per heavy atom. The molecule has 0 saturated carbocycles. The predicted octanol–water partition coefficient (Wildman–Crippen LogP) is 6.58. The van der Waals surface area contributed by atoms with Gasteiger partial charge < -0.3 is 19.4 Å². The molecule has 3 saturated heterocycles. The largest absolute Gasteiger partial charge is 0.461 e. The van der Waals surface area contributed by atoms with Gasteiger partial charge in [-0.3, -0.25) is 9.69 Å². The maximum Gasteiger partial charge on any atom is 0.404 e. The van der Waals surface area contributed by atoms with E-state index in [0.29, 0.717) is 75.3 Å². The number of halogens is 6. The molecule has 4 aliphatic rings. The highest BCUT2D eigenvalue weighted by Crippen LogP contribution is 2.47. The molecule has 266 valence electrons. The van der Waals surface area contributed by atoms with Gasteiger partial charge in [0.1, 0.15) is 24.3 Å². The first kappa shape index (κ1) is 35.6. The van der Waals surface area contributed by atoms with Crippen molar-refractivity contribution in [2.24, 2.45) is 0 Å². The molecule has 4 aliphatic heterocycles. The zero-order valence-electron chi connectivity index (χ0n) is 27.6. The Labute approximate surface area is 291 Å². The van der Waals surface area contributed by atoms with Crippen LogP contribution in [0, 0.1) is 17.1 Å². The van der Waals surface area contributed by atoms with Crippen LogP contribution < -0.4 is 14.5 Å². The fourth-order valence-corrected chi connectivity index (χ4v) is 8.08. The maximum absolute atomic E-state index is 14.6. The van der Waals surface area contributed by atoms with Crippen LogP contribution in [0.4, 0.5) is 33.5 Å². The third-order valence-electron chi connectivity index (χ3n) is 10.1. The summed E-state index contributed by atoms with van der Waals surface area (Å²) in [6, 6.07) is 9.00. The number of ether oxygens (including phenoxy) is 1. The number of nitrogens with zero attached hydrogens (tertiary/aromatic N) is 7. The third-order valence-corrected chi connectivity index (χ3v) is 10.5. The molecule has 5 heterocycles. The van der Waals surface area contributed by atoms with E-state index in [1.807, 2.05) is 23.1 Å². The average Bonchev–Trinajstić information content (AvgIpc) is 3.67. The number of piperazine rings is 1. The van der Waals surface area contributed by atoms with Crippen LogP contribution in [0.15, 0.2) is 42.7 Å². The molecule has 50 heavy (non-hydrogen) atoms. The van der Waals surface area contributed by atoms with E-state index in [2.05, 4.69) is 11.5 Å². The first-order valence-corrected chi connectivity index (χ1v) is 16.9. The van der Waals surface area contributed by atoms with Gasteiger partial charge in [-0.15, -0.1) is 0 Å². The fourth-order valence-electron chi connectivity index (χ4n) is 7.81. The van der Waals surface area contributed by atoms with Gasteiger partial charge in [0.25, 0.3) is 5.91 Å². The van der Waals surface area contributed by atoms with Crippen LogP contribution in [-0.4, -0.2) is 89.3 Å². The van der Waals surface area contributed by atoms with Crippen molar-refractivity contribution in [3.05, 3.63) is 64.8 Å². The Bertz CT molecular complexity index is 1830. The van der Waals surface area contributed by atoms with Crippen molar-refractivity contribution in [2.75, 3.05) is 55.7 Å². The summed E-state index contributed by atoms with van der Waals surface area (Å²) in [6.45, 7) is 7.14. The van der Waals surface area contributed by atoms with E-state index in [9.17, 15) is 26.7 Å². The van der Waals surface area contributed by atoms with Crippen molar-refractivity contribution in [1.29, 1.82) is 5.26 Å². The van der Waals surface area contributed by atoms with Gasteiger partial charge in [0.2, 0.25) is 0 Å². The van der Waals surface area contributed by atoms with Crippen molar-refractivity contribution in [2.45, 2.75) is 63.3 Å². The molecule has 3 fully saturated rings. The third kappa shape index (κ3) is 6.77. The Kier molecular flexibility index (Phi) is 10.1. The van der Waals surface area contributed by atoms with E-state index in [0.717, 1.165) is 16.6 Å². The Morgan fingerprint density at radius 1 is 1.10 bits per heavy atom. The van der Waals surface area contributed by atoms with Crippen molar-refractivity contribution < 1.29 is 31.5 Å². The minimum atomic E-state index is -4.31. The van der Waals surface area contributed by atoms with E-state index in [-0.39, 0.29) is 37.2 Å². The van der Waals surface area contributed by atoms with E-state index in [4.69, 9.17) is 31.6 Å². The average molecular weight is 718 g/mol. The molecule has 2 atom stereocenters. The van der Waals surface area contributed by atoms with Crippen LogP contribution in [0.3, 0.4) is 0 Å². The van der Waals surface area contributed by atoms with Gasteiger partial charge in [0, 0.05) is 56.3 Å². The van der Waals surface area contributed by atoms with Gasteiger partial charge >= 0.3 is 12.2 Å². The summed E-state index contributed by atoms with van der Waals surface area (Å²) in [5, 5.41) is 8.75. The molecule has 1 aromatic heterocycles. The van der Waals surface area contributed by atoms with Crippen LogP contribution in [-0.2, 0) is 17.8 Å². The number of nitriles is 1. The molecular weight excluding hydrogens is 681 g/mol. The van der Waals surface area contributed by atoms with Crippen LogP contribution in [0.5, 0.6) is 6.01 Å². The van der Waals surface area contributed by atoms with Gasteiger partial charge in [0.15, 0.2) is 5.83 Å². The number of alkyl halides is 3. The lowest BCUT2D eigenvalue weighted by Gasteiger charge is -2.38. The maximum atomic E-state index is 14.6. The first-order valence-electron chi connectivity index (χ1n) is 16.5. The molecule has 3 aromatic rings. The van der Waals surface area contributed by atoms with Crippen LogP contribution in [0.1, 0.15) is 43.9 Å². The predicted molar refractivity (Wildman–Crippen MR) is 179 cm³/mol. The van der Waals surface area contributed by atoms with Gasteiger partial charge in [-0.05, 0) is 56.2 Å². The summed E-state index contributed by atoms with van der Waals surface area (Å²) >= 11 is 6.46. The van der Waals surface area contributed by atoms with Crippen LogP contribution in [0.25, 0.3) is 10.8 Å². The number of hydrogen-bond acceptors (Lipinski definition) is 8. The van der Waals surface area contributed by atoms with Crippen LogP contribution in [0.2, 0.25) is 5.02 Å². The minimum Gasteiger partial charge on any atom is -0.461 e. The molecule has 0 spiro atoms. The second-order valence-electron chi connectivity index (χ2n) is 13.0. The molecule has 2 unspecified atom stereocenters. The molecule has 0 radical (unpaired) electrons. The number of benzene rings is 2. The monoisotopic (exact) mass is 717 g/mol. The van der Waals surface area contributed by atoms with E-state index >= 15 is 0 Å². The number of hydrogen-bond donors (Lipinski definition) is 0. The Balaban J connectivity index is 0.00000139. The van der Waals surface area contributed by atoms with Gasteiger partial charge in [-0.1, -0.05) is 36.4 Å². The lowest BCUT2D eigenvalue weighted by Crippen LogP contribution is -2.51. The second-order valence-corrected chi connectivity index (χ2v) is 13.4. The van der Waals surface area contributed by atoms with E-state index < -0.39 is 35.3 Å². The highest BCUT2D eigenvalue weighted by molar-refractivity contribution is 6.36. The molecular formula is C35H37ClF5N7O2. The van der Waals surface area contributed by atoms with E-state index in [1.54, 1.807) is 17.0 Å². The van der Waals surface area contributed by atoms with Crippen LogP contribution >= 0.6 is 11.6 Å². The number of aromatic nitrogens is 2. The molecule has 2 aromatic carbocycles. The zero-order valence-corrected chi connectivity index (χ0v) is 28.3. The van der Waals surface area contributed by atoms with Crippen molar-refractivity contribution in [3.63, 3.8) is 0 Å². The van der Waals surface area contributed by atoms with Gasteiger partial charge in [-0.25, -0.2) is 8.78 Å². The second kappa shape index (κ2) is 14.2. The normalized spacial score (nSPS) is 22.0. The summed E-state index contributed by atoms with van der Waals surface area (Å²) < 4.78 is 75.8. The summed E-state index contributed by atoms with van der Waals surface area (Å²) in [5.74, 6) is -1.65. The van der Waals surface area contributed by atoms with E-state index in [1.165, 1.54) is 17.9 Å². The topological polar surface area (TPSA) is 88.8 Å². The lowest BCUT2D eigenvalue weighted by atomic mass is 9.95. The molecule has 0 N–H and O–H groups in total. The smallest absolute Gasteiger partial charge is 0.404 e. The number of amides is 1. The summed E-state index contributed by atoms with van der Waals surface area (Å²) in [7, 11) is 0. The summed E-state index contributed by atoms with van der Waals surface area (Å²) in [5.41, 5.74) is 1.58. The van der Waals surface area contributed by atoms with Crippen molar-refractivity contribution in [1.82, 2.24) is 19.8 Å². The SMILES string of the molecule is C=C(F)C(=O)N1CCN(c2nc(OCC34CCCN3C(C(F)(F)F)CC4)nc3c2CCN(c2cccc4ccc(F)c(Cl)c24)C3)CC1.CC#N. The highest BCUT2D eigenvalue weighted by atomic mass is 35.5. The Hall–Kier alpha value is -4.22. The summed E-state index contributed by atoms with van der Waals surface area (Å²) in [6.07, 6.45) is -2.11. The lowest BCUT2D eigenvalue weighted by molar-refractivity contribution is -0.182. The van der Waals surface area contributed by atoms with Crippen molar-refractivity contribution in [3.8, 4) is 12.1 Å². The molecule has 15 heteroatoms. The first-order chi connectivity index (χ1) is 23.9. The number of rotatable bonds is 6. The van der Waals surface area contributed by atoms with Gasteiger partial charge in [-0.2, -0.15) is 28.4 Å². The fraction of sp³-hybridized carbons (Fsp3) is 0.486. The number of anilines is 2. The van der Waals surface area contributed by atoms with Crippen molar-refractivity contribution >= 4 is 39.8 Å². The molecule has 1 amide bonds. The van der Waals surface area contributed by atoms with Gasteiger partial charge in [0.05, 0.1) is 28.9 Å². The minimum absolute atomic E-state index is 0.0284. The zero-order chi connectivity index (χ0) is 35.8. The number of fused-ring (bicyclic) bond motifs is 3. The number of carbonyl (C=O) groups excluding carboxylic acids is 1. The molecule has 7 rings (SSSR count). The molecule has 0 bridgehead atoms.